The van der Waals surface area contributed by atoms with Crippen molar-refractivity contribution in [3.8, 4) is 5.75 Å². The van der Waals surface area contributed by atoms with Gasteiger partial charge < -0.3 is 9.64 Å². The van der Waals surface area contributed by atoms with Crippen LogP contribution >= 0.6 is 27.5 Å². The first-order valence-corrected chi connectivity index (χ1v) is 8.50. The molecule has 8 heteroatoms. The number of nitrogens with zero attached hydrogens (tertiary/aromatic N) is 1. The number of hydrogen-bond acceptors (Lipinski definition) is 4. The summed E-state index contributed by atoms with van der Waals surface area (Å²) in [7, 11) is 0. The number of amides is 2. The van der Waals surface area contributed by atoms with Crippen molar-refractivity contribution < 1.29 is 14.3 Å². The van der Waals surface area contributed by atoms with Gasteiger partial charge in [-0.2, -0.15) is 0 Å². The van der Waals surface area contributed by atoms with E-state index >= 15 is 0 Å². The molecule has 6 nitrogen and oxygen atoms in total. The highest BCUT2D eigenvalue weighted by molar-refractivity contribution is 9.10. The van der Waals surface area contributed by atoms with E-state index in [9.17, 15) is 9.59 Å². The molecule has 0 bridgehead atoms. The van der Waals surface area contributed by atoms with Crippen LogP contribution in [-0.2, 0) is 9.59 Å². The van der Waals surface area contributed by atoms with Gasteiger partial charge in [0.2, 0.25) is 5.91 Å². The molecule has 0 saturated carbocycles. The standard InChI is InChI=1S/C15H19BrClN3O3/c1-9(23-13-5-4-11(17)7-12(13)16)15(22)20-6-2-3-10(8-20)14(21)19-18/h4-5,7,9-10H,2-3,6,8,18H2,1H3,(H,19,21). The summed E-state index contributed by atoms with van der Waals surface area (Å²) in [6.45, 7) is 2.66. The lowest BCUT2D eigenvalue weighted by molar-refractivity contribution is -0.141. The van der Waals surface area contributed by atoms with Gasteiger partial charge in [0.1, 0.15) is 5.75 Å². The van der Waals surface area contributed by atoms with Crippen molar-refractivity contribution in [1.29, 1.82) is 0 Å². The normalized spacial score (nSPS) is 19.1. The number of rotatable bonds is 4. The Morgan fingerprint density at radius 2 is 2.26 bits per heavy atom. The lowest BCUT2D eigenvalue weighted by Crippen LogP contribution is -2.50. The van der Waals surface area contributed by atoms with Gasteiger partial charge in [-0.15, -0.1) is 0 Å². The highest BCUT2D eigenvalue weighted by atomic mass is 79.9. The molecule has 126 valence electrons. The Hall–Kier alpha value is -1.31. The SMILES string of the molecule is CC(Oc1ccc(Cl)cc1Br)C(=O)N1CCCC(C(=O)NN)C1. The molecule has 0 aromatic heterocycles. The molecule has 0 spiro atoms. The zero-order valence-corrected chi connectivity index (χ0v) is 15.1. The summed E-state index contributed by atoms with van der Waals surface area (Å²) in [6.07, 6.45) is 0.832. The topological polar surface area (TPSA) is 84.7 Å². The minimum atomic E-state index is -0.660. The first-order valence-electron chi connectivity index (χ1n) is 7.33. The summed E-state index contributed by atoms with van der Waals surface area (Å²) in [5.74, 6) is 5.05. The number of halogens is 2. The Morgan fingerprint density at radius 3 is 2.91 bits per heavy atom. The van der Waals surface area contributed by atoms with Crippen LogP contribution < -0.4 is 16.0 Å². The van der Waals surface area contributed by atoms with Crippen LogP contribution in [0.3, 0.4) is 0 Å². The van der Waals surface area contributed by atoms with E-state index in [0.29, 0.717) is 28.3 Å². The predicted molar refractivity (Wildman–Crippen MR) is 90.9 cm³/mol. The molecule has 0 radical (unpaired) electrons. The molecule has 1 aliphatic heterocycles. The average molecular weight is 405 g/mol. The zero-order chi connectivity index (χ0) is 17.0. The molecule has 23 heavy (non-hydrogen) atoms. The summed E-state index contributed by atoms with van der Waals surface area (Å²) in [4.78, 5) is 25.8. The molecular formula is C15H19BrClN3O3. The second kappa shape index (κ2) is 7.99. The Morgan fingerprint density at radius 1 is 1.52 bits per heavy atom. The van der Waals surface area contributed by atoms with E-state index in [2.05, 4.69) is 21.4 Å². The van der Waals surface area contributed by atoms with Crippen molar-refractivity contribution in [2.45, 2.75) is 25.9 Å². The number of nitrogens with one attached hydrogen (secondary N) is 1. The number of ether oxygens (including phenoxy) is 1. The van der Waals surface area contributed by atoms with Crippen molar-refractivity contribution in [3.63, 3.8) is 0 Å². The number of likely N-dealkylation sites (tertiary alicyclic amines) is 1. The third-order valence-corrected chi connectivity index (χ3v) is 4.65. The van der Waals surface area contributed by atoms with Crippen LogP contribution in [-0.4, -0.2) is 35.9 Å². The molecule has 2 rings (SSSR count). The maximum atomic E-state index is 12.5. The summed E-state index contributed by atoms with van der Waals surface area (Å²) in [6, 6.07) is 5.11. The number of carbonyl (C=O) groups is 2. The summed E-state index contributed by atoms with van der Waals surface area (Å²) in [5.41, 5.74) is 2.15. The van der Waals surface area contributed by atoms with Gasteiger partial charge in [-0.05, 0) is 53.9 Å². The molecule has 1 aliphatic rings. The van der Waals surface area contributed by atoms with Crippen LogP contribution in [0.5, 0.6) is 5.75 Å². The second-order valence-electron chi connectivity index (χ2n) is 5.47. The van der Waals surface area contributed by atoms with E-state index < -0.39 is 6.10 Å². The van der Waals surface area contributed by atoms with Gasteiger partial charge in [0.05, 0.1) is 10.4 Å². The monoisotopic (exact) mass is 403 g/mol. The lowest BCUT2D eigenvalue weighted by Gasteiger charge is -2.33. The van der Waals surface area contributed by atoms with Gasteiger partial charge in [-0.3, -0.25) is 15.0 Å². The third kappa shape index (κ3) is 4.59. The molecule has 1 saturated heterocycles. The summed E-state index contributed by atoms with van der Waals surface area (Å²) < 4.78 is 6.40. The Kier molecular flexibility index (Phi) is 6.26. The summed E-state index contributed by atoms with van der Waals surface area (Å²) >= 11 is 9.25. The van der Waals surface area contributed by atoms with Gasteiger partial charge in [-0.1, -0.05) is 11.6 Å². The molecule has 2 unspecified atom stereocenters. The fraction of sp³-hybridized carbons (Fsp3) is 0.467. The van der Waals surface area contributed by atoms with E-state index in [-0.39, 0.29) is 17.7 Å². The van der Waals surface area contributed by atoms with Gasteiger partial charge in [-0.25, -0.2) is 5.84 Å². The Labute approximate surface area is 148 Å². The molecule has 2 amide bonds. The Bertz CT molecular complexity index is 599. The van der Waals surface area contributed by atoms with Crippen LogP contribution in [0.1, 0.15) is 19.8 Å². The molecule has 2 atom stereocenters. The van der Waals surface area contributed by atoms with Gasteiger partial charge in [0, 0.05) is 18.1 Å². The first kappa shape index (κ1) is 18.0. The molecule has 1 heterocycles. The fourth-order valence-electron chi connectivity index (χ4n) is 2.58. The number of hydrazine groups is 1. The van der Waals surface area contributed by atoms with Crippen molar-refractivity contribution >= 4 is 39.3 Å². The predicted octanol–water partition coefficient (Wildman–Crippen LogP) is 2.10. The molecule has 3 N–H and O–H groups in total. The molecule has 1 fully saturated rings. The van der Waals surface area contributed by atoms with Crippen LogP contribution in [0.2, 0.25) is 5.02 Å². The maximum Gasteiger partial charge on any atom is 0.263 e. The zero-order valence-electron chi connectivity index (χ0n) is 12.7. The van der Waals surface area contributed by atoms with Crippen LogP contribution in [0.25, 0.3) is 0 Å². The van der Waals surface area contributed by atoms with Gasteiger partial charge in [0.15, 0.2) is 6.10 Å². The number of carbonyl (C=O) groups excluding carboxylic acids is 2. The quantitative estimate of drug-likeness (QED) is 0.457. The fourth-order valence-corrected chi connectivity index (χ4v) is 3.35. The molecule has 0 aliphatic carbocycles. The van der Waals surface area contributed by atoms with Crippen LogP contribution in [0.4, 0.5) is 0 Å². The number of hydrogen-bond donors (Lipinski definition) is 2. The number of piperidine rings is 1. The third-order valence-electron chi connectivity index (χ3n) is 3.79. The number of nitrogens with two attached hydrogens (primary N) is 1. The summed E-state index contributed by atoms with van der Waals surface area (Å²) in [5, 5.41) is 0.579. The second-order valence-corrected chi connectivity index (χ2v) is 6.76. The molecular weight excluding hydrogens is 386 g/mol. The Balaban J connectivity index is 2.00. The minimum absolute atomic E-state index is 0.152. The maximum absolute atomic E-state index is 12.5. The smallest absolute Gasteiger partial charge is 0.263 e. The average Bonchev–Trinajstić information content (AvgIpc) is 2.56. The van der Waals surface area contributed by atoms with Crippen molar-refractivity contribution in [1.82, 2.24) is 10.3 Å². The van der Waals surface area contributed by atoms with Gasteiger partial charge in [0.25, 0.3) is 5.91 Å². The minimum Gasteiger partial charge on any atom is -0.480 e. The molecule has 1 aromatic rings. The van der Waals surface area contributed by atoms with E-state index in [1.807, 2.05) is 0 Å². The van der Waals surface area contributed by atoms with E-state index in [0.717, 1.165) is 12.8 Å². The van der Waals surface area contributed by atoms with Gasteiger partial charge >= 0.3 is 0 Å². The first-order chi connectivity index (χ1) is 10.9. The number of benzene rings is 1. The van der Waals surface area contributed by atoms with E-state index in [4.69, 9.17) is 22.2 Å². The lowest BCUT2D eigenvalue weighted by atomic mass is 9.97. The highest BCUT2D eigenvalue weighted by Gasteiger charge is 2.31. The van der Waals surface area contributed by atoms with Crippen LogP contribution in [0, 0.1) is 5.92 Å². The van der Waals surface area contributed by atoms with Crippen molar-refractivity contribution in [2.24, 2.45) is 11.8 Å². The van der Waals surface area contributed by atoms with E-state index in [1.165, 1.54) is 0 Å². The highest BCUT2D eigenvalue weighted by Crippen LogP contribution is 2.29. The van der Waals surface area contributed by atoms with Crippen LogP contribution in [0.15, 0.2) is 22.7 Å². The van der Waals surface area contributed by atoms with E-state index in [1.54, 1.807) is 30.0 Å². The largest absolute Gasteiger partial charge is 0.480 e. The molecule has 1 aromatic carbocycles. The van der Waals surface area contributed by atoms with Crippen molar-refractivity contribution in [3.05, 3.63) is 27.7 Å². The van der Waals surface area contributed by atoms with Crippen molar-refractivity contribution in [2.75, 3.05) is 13.1 Å².